The zero-order valence-electron chi connectivity index (χ0n) is 11.9. The number of amides is 1. The van der Waals surface area contributed by atoms with Crippen LogP contribution in [0.15, 0.2) is 41.9 Å². The van der Waals surface area contributed by atoms with E-state index in [0.29, 0.717) is 11.4 Å². The maximum Gasteiger partial charge on any atom is 0.250 e. The molecule has 5 nitrogen and oxygen atoms in total. The van der Waals surface area contributed by atoms with E-state index < -0.39 is 5.91 Å². The molecule has 1 saturated heterocycles. The lowest BCUT2D eigenvalue weighted by molar-refractivity contribution is 0.1000. The first-order valence-electron chi connectivity index (χ1n) is 7.32. The topological polar surface area (TPSA) is 68.5 Å². The number of rotatable bonds is 3. The third kappa shape index (κ3) is 3.24. The summed E-state index contributed by atoms with van der Waals surface area (Å²) >= 11 is 0. The molecule has 0 unspecified atom stereocenters. The number of ether oxygens (including phenoxy) is 1. The molecule has 0 bridgehead atoms. The Morgan fingerprint density at radius 3 is 2.95 bits per heavy atom. The van der Waals surface area contributed by atoms with Gasteiger partial charge in [-0.05, 0) is 37.5 Å². The fourth-order valence-corrected chi connectivity index (χ4v) is 2.66. The van der Waals surface area contributed by atoms with Gasteiger partial charge in [0.05, 0.1) is 5.56 Å². The standard InChI is InChI=1S/C16H19N3O2/c17-16(20)12-5-6-15(18-11-12)21-14-7-9-19-8-3-1-2-4-13(19)10-14/h5-7,10-11H,1-4,8-9H2,(H2,17,20). The lowest BCUT2D eigenvalue weighted by Gasteiger charge is -2.27. The number of nitrogens with two attached hydrogens (primary N) is 1. The fraction of sp³-hybridized carbons (Fsp3) is 0.375. The number of nitrogens with zero attached hydrogens (tertiary/aromatic N) is 2. The van der Waals surface area contributed by atoms with Gasteiger partial charge in [0.2, 0.25) is 11.8 Å². The van der Waals surface area contributed by atoms with Crippen molar-refractivity contribution in [3.8, 4) is 5.88 Å². The zero-order chi connectivity index (χ0) is 14.7. The number of carbonyl (C=O) groups excluding carboxylic acids is 1. The van der Waals surface area contributed by atoms with Crippen molar-refractivity contribution in [3.05, 3.63) is 47.5 Å². The summed E-state index contributed by atoms with van der Waals surface area (Å²) in [5, 5.41) is 0. The Hall–Kier alpha value is -2.30. The highest BCUT2D eigenvalue weighted by molar-refractivity contribution is 5.92. The Bertz CT molecular complexity index is 590. The largest absolute Gasteiger partial charge is 0.439 e. The van der Waals surface area contributed by atoms with E-state index in [0.717, 1.165) is 25.3 Å². The fourth-order valence-electron chi connectivity index (χ4n) is 2.66. The molecule has 0 saturated carbocycles. The maximum absolute atomic E-state index is 11.0. The summed E-state index contributed by atoms with van der Waals surface area (Å²) in [7, 11) is 0. The highest BCUT2D eigenvalue weighted by Crippen LogP contribution is 2.25. The van der Waals surface area contributed by atoms with Crippen LogP contribution >= 0.6 is 0 Å². The molecule has 2 aliphatic heterocycles. The van der Waals surface area contributed by atoms with Gasteiger partial charge in [-0.2, -0.15) is 0 Å². The van der Waals surface area contributed by atoms with Crippen molar-refractivity contribution in [2.45, 2.75) is 25.7 Å². The second-order valence-electron chi connectivity index (χ2n) is 5.35. The number of hydrogen-bond donors (Lipinski definition) is 1. The van der Waals surface area contributed by atoms with Gasteiger partial charge in [0.25, 0.3) is 0 Å². The van der Waals surface area contributed by atoms with E-state index >= 15 is 0 Å². The molecule has 2 N–H and O–H groups in total. The van der Waals surface area contributed by atoms with Crippen LogP contribution in [0, 0.1) is 0 Å². The Morgan fingerprint density at radius 2 is 2.19 bits per heavy atom. The Balaban J connectivity index is 1.70. The molecular formula is C16H19N3O2. The summed E-state index contributed by atoms with van der Waals surface area (Å²) in [6, 6.07) is 3.29. The monoisotopic (exact) mass is 285 g/mol. The first kappa shape index (κ1) is 13.7. The van der Waals surface area contributed by atoms with Crippen LogP contribution in [0.25, 0.3) is 0 Å². The van der Waals surface area contributed by atoms with Crippen LogP contribution < -0.4 is 10.5 Å². The molecule has 1 aromatic rings. The van der Waals surface area contributed by atoms with E-state index in [9.17, 15) is 4.79 Å². The van der Waals surface area contributed by atoms with Gasteiger partial charge < -0.3 is 15.4 Å². The number of aromatic nitrogens is 1. The second-order valence-corrected chi connectivity index (χ2v) is 5.35. The van der Waals surface area contributed by atoms with E-state index in [1.807, 2.05) is 0 Å². The van der Waals surface area contributed by atoms with E-state index in [1.165, 1.54) is 31.2 Å². The number of hydrogen-bond acceptors (Lipinski definition) is 4. The summed E-state index contributed by atoms with van der Waals surface area (Å²) in [5.74, 6) is 0.815. The average molecular weight is 285 g/mol. The average Bonchev–Trinajstić information content (AvgIpc) is 2.72. The lowest BCUT2D eigenvalue weighted by Crippen LogP contribution is -2.26. The van der Waals surface area contributed by atoms with Crippen LogP contribution in [0.5, 0.6) is 5.88 Å². The second kappa shape index (κ2) is 5.99. The van der Waals surface area contributed by atoms with E-state index in [4.69, 9.17) is 10.5 Å². The van der Waals surface area contributed by atoms with Crippen LogP contribution in [0.4, 0.5) is 0 Å². The molecular weight excluding hydrogens is 266 g/mol. The summed E-state index contributed by atoms with van der Waals surface area (Å²) in [5.41, 5.74) is 6.92. The molecule has 2 aliphatic rings. The van der Waals surface area contributed by atoms with Gasteiger partial charge in [-0.3, -0.25) is 4.79 Å². The van der Waals surface area contributed by atoms with E-state index in [2.05, 4.69) is 22.0 Å². The van der Waals surface area contributed by atoms with Crippen molar-refractivity contribution >= 4 is 5.91 Å². The molecule has 0 aliphatic carbocycles. The minimum atomic E-state index is -0.484. The quantitative estimate of drug-likeness (QED) is 0.924. The normalized spacial score (nSPS) is 18.2. The summed E-state index contributed by atoms with van der Waals surface area (Å²) in [4.78, 5) is 17.5. The van der Waals surface area contributed by atoms with Crippen molar-refractivity contribution in [3.63, 3.8) is 0 Å². The van der Waals surface area contributed by atoms with E-state index in [1.54, 1.807) is 12.1 Å². The molecule has 0 atom stereocenters. The number of allylic oxidation sites excluding steroid dienone is 2. The van der Waals surface area contributed by atoms with Crippen LogP contribution in [0.3, 0.4) is 0 Å². The van der Waals surface area contributed by atoms with Gasteiger partial charge in [-0.15, -0.1) is 0 Å². The third-order valence-corrected chi connectivity index (χ3v) is 3.83. The molecule has 0 radical (unpaired) electrons. The van der Waals surface area contributed by atoms with Gasteiger partial charge >= 0.3 is 0 Å². The van der Waals surface area contributed by atoms with Gasteiger partial charge in [-0.1, -0.05) is 6.42 Å². The molecule has 3 heterocycles. The molecule has 1 aromatic heterocycles. The SMILES string of the molecule is NC(=O)c1ccc(OC2=CCN3CCCCCC3=C2)nc1. The van der Waals surface area contributed by atoms with E-state index in [-0.39, 0.29) is 0 Å². The minimum Gasteiger partial charge on any atom is -0.439 e. The minimum absolute atomic E-state index is 0.383. The van der Waals surface area contributed by atoms with Gasteiger partial charge in [0.1, 0.15) is 5.76 Å². The summed E-state index contributed by atoms with van der Waals surface area (Å²) < 4.78 is 5.77. The summed E-state index contributed by atoms with van der Waals surface area (Å²) in [6.45, 7) is 2.02. The van der Waals surface area contributed by atoms with Crippen LogP contribution in [0.2, 0.25) is 0 Å². The molecule has 0 spiro atoms. The van der Waals surface area contributed by atoms with Crippen molar-refractivity contribution in [1.29, 1.82) is 0 Å². The third-order valence-electron chi connectivity index (χ3n) is 3.83. The molecule has 0 aromatic carbocycles. The van der Waals surface area contributed by atoms with Gasteiger partial charge in [0.15, 0.2) is 0 Å². The smallest absolute Gasteiger partial charge is 0.250 e. The zero-order valence-corrected chi connectivity index (χ0v) is 11.9. The number of fused-ring (bicyclic) bond motifs is 1. The predicted octanol–water partition coefficient (Wildman–Crippen LogP) is 2.22. The number of pyridine rings is 1. The highest BCUT2D eigenvalue weighted by atomic mass is 16.5. The van der Waals surface area contributed by atoms with Gasteiger partial charge in [0, 0.05) is 31.0 Å². The van der Waals surface area contributed by atoms with Crippen molar-refractivity contribution in [2.24, 2.45) is 5.73 Å². The number of primary amides is 1. The first-order valence-corrected chi connectivity index (χ1v) is 7.32. The van der Waals surface area contributed by atoms with Crippen LogP contribution in [0.1, 0.15) is 36.0 Å². The molecule has 3 rings (SSSR count). The first-order chi connectivity index (χ1) is 10.2. The Morgan fingerprint density at radius 1 is 1.29 bits per heavy atom. The van der Waals surface area contributed by atoms with Crippen LogP contribution in [-0.2, 0) is 0 Å². The van der Waals surface area contributed by atoms with Gasteiger partial charge in [-0.25, -0.2) is 4.98 Å². The van der Waals surface area contributed by atoms with Crippen LogP contribution in [-0.4, -0.2) is 28.9 Å². The Kier molecular flexibility index (Phi) is 3.90. The molecule has 110 valence electrons. The number of carbonyl (C=O) groups is 1. The van der Waals surface area contributed by atoms with Crippen molar-refractivity contribution in [1.82, 2.24) is 9.88 Å². The molecule has 1 fully saturated rings. The summed E-state index contributed by atoms with van der Waals surface area (Å²) in [6.07, 6.45) is 10.5. The van der Waals surface area contributed by atoms with Crippen molar-refractivity contribution in [2.75, 3.05) is 13.1 Å². The maximum atomic E-state index is 11.0. The Labute approximate surface area is 124 Å². The lowest BCUT2D eigenvalue weighted by atomic mass is 10.1. The molecule has 1 amide bonds. The van der Waals surface area contributed by atoms with Crippen molar-refractivity contribution < 1.29 is 9.53 Å². The highest BCUT2D eigenvalue weighted by Gasteiger charge is 2.17. The molecule has 5 heteroatoms. The molecule has 21 heavy (non-hydrogen) atoms. The predicted molar refractivity (Wildman–Crippen MR) is 79.6 cm³/mol.